The van der Waals surface area contributed by atoms with Gasteiger partial charge < -0.3 is 15.8 Å². The quantitative estimate of drug-likeness (QED) is 0.515. The Morgan fingerprint density at radius 2 is 1.67 bits per heavy atom. The van der Waals surface area contributed by atoms with Gasteiger partial charge in [-0.25, -0.2) is 4.79 Å². The van der Waals surface area contributed by atoms with Crippen molar-refractivity contribution in [1.29, 1.82) is 0 Å². The number of aliphatic carboxylic acids is 1. The number of carboxylic acid groups (broad SMARTS) is 1. The standard InChI is InChI=1S/C9H7F3N2.C2HF3O2/c10-9(11,12)7-4-14-8-3-5(13)1-2-6(7)8;3-2(4,5)1(6)7/h1-4,14H,13H2;(H,6,7). The van der Waals surface area contributed by atoms with Crippen molar-refractivity contribution in [1.82, 2.24) is 4.98 Å². The van der Waals surface area contributed by atoms with E-state index in [4.69, 9.17) is 15.6 Å². The van der Waals surface area contributed by atoms with Crippen LogP contribution in [0, 0.1) is 0 Å². The van der Waals surface area contributed by atoms with Crippen molar-refractivity contribution < 1.29 is 36.2 Å². The first kappa shape index (κ1) is 16.7. The first-order chi connectivity index (χ1) is 9.43. The van der Waals surface area contributed by atoms with Gasteiger partial charge in [-0.2, -0.15) is 26.3 Å². The molecule has 4 nitrogen and oxygen atoms in total. The second kappa shape index (κ2) is 5.54. The Morgan fingerprint density at radius 1 is 1.14 bits per heavy atom. The molecule has 0 atom stereocenters. The number of fused-ring (bicyclic) bond motifs is 1. The Labute approximate surface area is 113 Å². The molecule has 10 heteroatoms. The van der Waals surface area contributed by atoms with Crippen LogP contribution in [0.2, 0.25) is 0 Å². The van der Waals surface area contributed by atoms with Gasteiger partial charge in [-0.3, -0.25) is 0 Å². The summed E-state index contributed by atoms with van der Waals surface area (Å²) < 4.78 is 68.9. The molecule has 0 amide bonds. The molecule has 0 fully saturated rings. The average molecular weight is 314 g/mol. The highest BCUT2D eigenvalue weighted by Crippen LogP contribution is 2.35. The molecule has 0 radical (unpaired) electrons. The van der Waals surface area contributed by atoms with E-state index in [-0.39, 0.29) is 5.39 Å². The number of nitrogens with one attached hydrogen (secondary N) is 1. The predicted molar refractivity (Wildman–Crippen MR) is 61.4 cm³/mol. The van der Waals surface area contributed by atoms with Crippen molar-refractivity contribution in [2.45, 2.75) is 12.4 Å². The lowest BCUT2D eigenvalue weighted by atomic mass is 10.1. The number of aromatic amines is 1. The summed E-state index contributed by atoms with van der Waals surface area (Å²) in [6, 6.07) is 4.29. The van der Waals surface area contributed by atoms with Crippen molar-refractivity contribution in [2.24, 2.45) is 0 Å². The molecule has 2 rings (SSSR count). The number of hydrogen-bond acceptors (Lipinski definition) is 2. The van der Waals surface area contributed by atoms with Crippen molar-refractivity contribution in [3.8, 4) is 0 Å². The fourth-order valence-corrected chi connectivity index (χ4v) is 1.38. The molecular weight excluding hydrogens is 306 g/mol. The van der Waals surface area contributed by atoms with Gasteiger partial charge in [0.05, 0.1) is 5.56 Å². The van der Waals surface area contributed by atoms with Crippen LogP contribution >= 0.6 is 0 Å². The van der Waals surface area contributed by atoms with Crippen molar-refractivity contribution >= 4 is 22.6 Å². The van der Waals surface area contributed by atoms with Gasteiger partial charge in [0, 0.05) is 22.8 Å². The number of carboxylic acids is 1. The zero-order valence-corrected chi connectivity index (χ0v) is 10.0. The van der Waals surface area contributed by atoms with E-state index in [1.165, 1.54) is 18.2 Å². The number of H-pyrrole nitrogens is 1. The van der Waals surface area contributed by atoms with Crippen molar-refractivity contribution in [3.05, 3.63) is 30.0 Å². The topological polar surface area (TPSA) is 79.1 Å². The van der Waals surface area contributed by atoms with E-state index in [9.17, 15) is 26.3 Å². The van der Waals surface area contributed by atoms with Crippen LogP contribution in [0.5, 0.6) is 0 Å². The van der Waals surface area contributed by atoms with Gasteiger partial charge in [-0.05, 0) is 12.1 Å². The minimum absolute atomic E-state index is 0.145. The van der Waals surface area contributed by atoms with Crippen LogP contribution in [0.15, 0.2) is 24.4 Å². The fourth-order valence-electron chi connectivity index (χ4n) is 1.38. The van der Waals surface area contributed by atoms with E-state index in [2.05, 4.69) is 4.98 Å². The summed E-state index contributed by atoms with van der Waals surface area (Å²) in [5.74, 6) is -2.76. The number of alkyl halides is 6. The normalized spacial score (nSPS) is 11.9. The lowest BCUT2D eigenvalue weighted by Crippen LogP contribution is -2.21. The smallest absolute Gasteiger partial charge is 0.475 e. The lowest BCUT2D eigenvalue weighted by molar-refractivity contribution is -0.192. The zero-order chi connectivity index (χ0) is 16.4. The third kappa shape index (κ3) is 4.29. The first-order valence-corrected chi connectivity index (χ1v) is 5.17. The Balaban J connectivity index is 0.000000270. The molecule has 0 spiro atoms. The van der Waals surface area contributed by atoms with Crippen LogP contribution in [0.25, 0.3) is 10.9 Å². The monoisotopic (exact) mass is 314 g/mol. The van der Waals surface area contributed by atoms with Gasteiger partial charge in [0.15, 0.2) is 0 Å². The molecule has 0 aliphatic rings. The highest BCUT2D eigenvalue weighted by molar-refractivity contribution is 5.86. The molecule has 0 aliphatic carbocycles. The van der Waals surface area contributed by atoms with Crippen LogP contribution in [0.3, 0.4) is 0 Å². The second-order valence-corrected chi connectivity index (χ2v) is 3.81. The highest BCUT2D eigenvalue weighted by Gasteiger charge is 2.38. The molecule has 0 saturated heterocycles. The number of hydrogen-bond donors (Lipinski definition) is 3. The van der Waals surface area contributed by atoms with Crippen LogP contribution in [-0.4, -0.2) is 22.2 Å². The summed E-state index contributed by atoms with van der Waals surface area (Å²) in [7, 11) is 0. The summed E-state index contributed by atoms with van der Waals surface area (Å²) in [6.07, 6.45) is -8.46. The molecule has 1 aromatic heterocycles. The number of halogens is 6. The number of nitrogens with two attached hydrogens (primary N) is 1. The van der Waals surface area contributed by atoms with Crippen molar-refractivity contribution in [3.63, 3.8) is 0 Å². The number of benzene rings is 1. The van der Waals surface area contributed by atoms with Gasteiger partial charge >= 0.3 is 18.3 Å². The van der Waals surface area contributed by atoms with E-state index in [1.807, 2.05) is 0 Å². The average Bonchev–Trinajstić information content (AvgIpc) is 2.70. The Morgan fingerprint density at radius 3 is 2.10 bits per heavy atom. The summed E-state index contributed by atoms with van der Waals surface area (Å²) in [6.45, 7) is 0. The molecule has 21 heavy (non-hydrogen) atoms. The maximum Gasteiger partial charge on any atom is 0.490 e. The molecule has 0 bridgehead atoms. The van der Waals surface area contributed by atoms with Gasteiger partial charge in [0.2, 0.25) is 0 Å². The minimum Gasteiger partial charge on any atom is -0.475 e. The van der Waals surface area contributed by atoms with Crippen LogP contribution in [-0.2, 0) is 11.0 Å². The van der Waals surface area contributed by atoms with E-state index < -0.39 is 23.9 Å². The number of aromatic nitrogens is 1. The molecule has 116 valence electrons. The minimum atomic E-state index is -5.08. The van der Waals surface area contributed by atoms with Gasteiger partial charge in [-0.1, -0.05) is 6.07 Å². The first-order valence-electron chi connectivity index (χ1n) is 5.17. The number of anilines is 1. The molecule has 0 unspecified atom stereocenters. The number of nitrogen functional groups attached to an aromatic ring is 1. The SMILES string of the molecule is Nc1ccc2c(C(F)(F)F)c[nH]c2c1.O=C(O)C(F)(F)F. The summed E-state index contributed by atoms with van der Waals surface area (Å²) in [4.78, 5) is 11.4. The fraction of sp³-hybridized carbons (Fsp3) is 0.182. The third-order valence-electron chi connectivity index (χ3n) is 2.25. The maximum absolute atomic E-state index is 12.4. The molecule has 0 aliphatic heterocycles. The van der Waals surface area contributed by atoms with Crippen LogP contribution in [0.1, 0.15) is 5.56 Å². The number of rotatable bonds is 0. The van der Waals surface area contributed by atoms with E-state index in [0.29, 0.717) is 11.2 Å². The van der Waals surface area contributed by atoms with Gasteiger partial charge in [0.1, 0.15) is 0 Å². The number of carbonyl (C=O) groups is 1. The summed E-state index contributed by atoms with van der Waals surface area (Å²) >= 11 is 0. The second-order valence-electron chi connectivity index (χ2n) is 3.81. The molecule has 1 heterocycles. The largest absolute Gasteiger partial charge is 0.490 e. The summed E-state index contributed by atoms with van der Waals surface area (Å²) in [5.41, 5.74) is 5.62. The van der Waals surface area contributed by atoms with E-state index in [1.54, 1.807) is 0 Å². The predicted octanol–water partition coefficient (Wildman–Crippen LogP) is 3.40. The highest BCUT2D eigenvalue weighted by atomic mass is 19.4. The Kier molecular flexibility index (Phi) is 4.40. The van der Waals surface area contributed by atoms with Gasteiger partial charge in [-0.15, -0.1) is 0 Å². The maximum atomic E-state index is 12.4. The van der Waals surface area contributed by atoms with Crippen LogP contribution < -0.4 is 5.73 Å². The van der Waals surface area contributed by atoms with Crippen LogP contribution in [0.4, 0.5) is 32.0 Å². The Hall–Kier alpha value is -2.39. The zero-order valence-electron chi connectivity index (χ0n) is 10.0. The summed E-state index contributed by atoms with van der Waals surface area (Å²) in [5, 5.41) is 7.27. The molecule has 2 aromatic rings. The van der Waals surface area contributed by atoms with Crippen molar-refractivity contribution in [2.75, 3.05) is 5.73 Å². The van der Waals surface area contributed by atoms with E-state index >= 15 is 0 Å². The third-order valence-corrected chi connectivity index (χ3v) is 2.25. The van der Waals surface area contributed by atoms with E-state index in [0.717, 1.165) is 6.20 Å². The molecule has 0 saturated carbocycles. The molecule has 4 N–H and O–H groups in total. The molecule has 1 aromatic carbocycles. The lowest BCUT2D eigenvalue weighted by Gasteiger charge is -2.03. The molecular formula is C11H8F6N2O2. The Bertz CT molecular complexity index is 644. The van der Waals surface area contributed by atoms with Gasteiger partial charge in [0.25, 0.3) is 0 Å².